The van der Waals surface area contributed by atoms with Crippen LogP contribution in [-0.2, 0) is 4.79 Å². The van der Waals surface area contributed by atoms with Crippen LogP contribution in [0.15, 0.2) is 30.3 Å². The molecule has 0 aromatic heterocycles. The largest absolute Gasteiger partial charge is 0.480 e. The van der Waals surface area contributed by atoms with Gasteiger partial charge in [-0.05, 0) is 0 Å². The molecule has 0 radical (unpaired) electrons. The summed E-state index contributed by atoms with van der Waals surface area (Å²) in [7, 11) is 0. The molecule has 0 bridgehead atoms. The maximum atomic E-state index is 10.7. The molecule has 0 aliphatic carbocycles. The minimum absolute atomic E-state index is 0.434. The second-order valence-electron chi connectivity index (χ2n) is 2.87. The number of nitro groups is 1. The van der Waals surface area contributed by atoms with Gasteiger partial charge in [-0.15, -0.1) is 0 Å². The maximum absolute atomic E-state index is 10.7. The Labute approximate surface area is 85.7 Å². The van der Waals surface area contributed by atoms with Crippen molar-refractivity contribution in [1.82, 2.24) is 5.32 Å². The molecular formula is C9H10N2O4. The number of carbonyl (C=O) groups is 1. The standard InChI is InChI=1S/C9H10N2O4/c12-8(13)6-10-9(11(14)15)7-4-2-1-3-5-7/h1-5,9-10H,6H2,(H,12,13). The van der Waals surface area contributed by atoms with Crippen molar-refractivity contribution in [2.75, 3.05) is 6.54 Å². The van der Waals surface area contributed by atoms with Gasteiger partial charge in [0, 0.05) is 10.5 Å². The molecule has 1 aromatic carbocycles. The monoisotopic (exact) mass is 210 g/mol. The zero-order chi connectivity index (χ0) is 11.3. The minimum atomic E-state index is -1.18. The third-order valence-electron chi connectivity index (χ3n) is 1.77. The van der Waals surface area contributed by atoms with Crippen LogP contribution in [0.3, 0.4) is 0 Å². The summed E-state index contributed by atoms with van der Waals surface area (Å²) >= 11 is 0. The molecule has 1 atom stereocenters. The van der Waals surface area contributed by atoms with E-state index in [1.807, 2.05) is 0 Å². The minimum Gasteiger partial charge on any atom is -0.480 e. The van der Waals surface area contributed by atoms with E-state index in [-0.39, 0.29) is 0 Å². The van der Waals surface area contributed by atoms with Crippen LogP contribution in [0.1, 0.15) is 11.7 Å². The number of nitrogens with zero attached hydrogens (tertiary/aromatic N) is 1. The lowest BCUT2D eigenvalue weighted by atomic mass is 10.2. The van der Waals surface area contributed by atoms with Crippen LogP contribution in [0, 0.1) is 10.1 Å². The van der Waals surface area contributed by atoms with Crippen molar-refractivity contribution in [3.8, 4) is 0 Å². The number of aliphatic carboxylic acids is 1. The molecule has 6 nitrogen and oxygen atoms in total. The second kappa shape index (κ2) is 5.06. The van der Waals surface area contributed by atoms with Gasteiger partial charge < -0.3 is 5.11 Å². The summed E-state index contributed by atoms with van der Waals surface area (Å²) in [5, 5.41) is 21.4. The Hall–Kier alpha value is -1.95. The number of carboxylic acids is 1. The first-order valence-electron chi connectivity index (χ1n) is 4.25. The van der Waals surface area contributed by atoms with Crippen molar-refractivity contribution in [1.29, 1.82) is 0 Å². The lowest BCUT2D eigenvalue weighted by Gasteiger charge is -2.09. The van der Waals surface area contributed by atoms with Crippen LogP contribution in [0.4, 0.5) is 0 Å². The molecule has 0 saturated carbocycles. The van der Waals surface area contributed by atoms with Gasteiger partial charge in [0.15, 0.2) is 0 Å². The summed E-state index contributed by atoms with van der Waals surface area (Å²) in [5.41, 5.74) is 0.434. The number of benzene rings is 1. The molecular weight excluding hydrogens is 200 g/mol. The molecule has 1 rings (SSSR count). The van der Waals surface area contributed by atoms with E-state index in [1.54, 1.807) is 30.3 Å². The maximum Gasteiger partial charge on any atom is 0.317 e. The fraction of sp³-hybridized carbons (Fsp3) is 0.222. The quantitative estimate of drug-likeness (QED) is 0.422. The van der Waals surface area contributed by atoms with Gasteiger partial charge in [0.25, 0.3) is 6.17 Å². The third kappa shape index (κ3) is 3.35. The second-order valence-corrected chi connectivity index (χ2v) is 2.87. The Morgan fingerprint density at radius 3 is 2.53 bits per heavy atom. The van der Waals surface area contributed by atoms with E-state index in [0.29, 0.717) is 5.56 Å². The molecule has 0 saturated heterocycles. The molecule has 0 fully saturated rings. The van der Waals surface area contributed by atoms with Crippen molar-refractivity contribution in [2.45, 2.75) is 6.17 Å². The Morgan fingerprint density at radius 2 is 2.07 bits per heavy atom. The normalized spacial score (nSPS) is 12.0. The topological polar surface area (TPSA) is 92.5 Å². The summed E-state index contributed by atoms with van der Waals surface area (Å²) < 4.78 is 0. The van der Waals surface area contributed by atoms with Crippen molar-refractivity contribution >= 4 is 5.97 Å². The number of hydrogen-bond acceptors (Lipinski definition) is 4. The average Bonchev–Trinajstić information content (AvgIpc) is 2.18. The van der Waals surface area contributed by atoms with Gasteiger partial charge in [-0.2, -0.15) is 0 Å². The predicted octanol–water partition coefficient (Wildman–Crippen LogP) is 0.636. The summed E-state index contributed by atoms with van der Waals surface area (Å²) in [4.78, 5) is 20.4. The molecule has 15 heavy (non-hydrogen) atoms. The van der Waals surface area contributed by atoms with Crippen LogP contribution in [-0.4, -0.2) is 22.5 Å². The van der Waals surface area contributed by atoms with Crippen molar-refractivity contribution in [3.05, 3.63) is 46.0 Å². The average molecular weight is 210 g/mol. The highest BCUT2D eigenvalue weighted by atomic mass is 16.6. The molecule has 0 aliphatic rings. The first-order valence-corrected chi connectivity index (χ1v) is 4.25. The van der Waals surface area contributed by atoms with Crippen LogP contribution < -0.4 is 5.32 Å². The van der Waals surface area contributed by atoms with E-state index in [1.165, 1.54) is 0 Å². The molecule has 6 heteroatoms. The smallest absolute Gasteiger partial charge is 0.317 e. The molecule has 80 valence electrons. The summed E-state index contributed by atoms with van der Waals surface area (Å²) in [5.74, 6) is -1.13. The SMILES string of the molecule is O=C(O)CNC(c1ccccc1)[N+](=O)[O-]. The molecule has 1 aromatic rings. The first-order chi connectivity index (χ1) is 7.11. The molecule has 0 spiro atoms. The van der Waals surface area contributed by atoms with Gasteiger partial charge in [0.1, 0.15) is 0 Å². The Kier molecular flexibility index (Phi) is 3.75. The van der Waals surface area contributed by atoms with Crippen LogP contribution in [0.2, 0.25) is 0 Å². The number of carboxylic acid groups (broad SMARTS) is 1. The Balaban J connectivity index is 2.75. The molecule has 0 aliphatic heterocycles. The van der Waals surface area contributed by atoms with Crippen LogP contribution >= 0.6 is 0 Å². The van der Waals surface area contributed by atoms with E-state index in [4.69, 9.17) is 5.11 Å². The fourth-order valence-electron chi connectivity index (χ4n) is 1.13. The third-order valence-corrected chi connectivity index (χ3v) is 1.77. The van der Waals surface area contributed by atoms with E-state index in [0.717, 1.165) is 0 Å². The van der Waals surface area contributed by atoms with Crippen molar-refractivity contribution < 1.29 is 14.8 Å². The fourth-order valence-corrected chi connectivity index (χ4v) is 1.13. The predicted molar refractivity (Wildman–Crippen MR) is 51.8 cm³/mol. The van der Waals surface area contributed by atoms with E-state index in [2.05, 4.69) is 5.32 Å². The summed E-state index contributed by atoms with van der Waals surface area (Å²) in [6.07, 6.45) is -1.18. The number of nitrogens with one attached hydrogen (secondary N) is 1. The van der Waals surface area contributed by atoms with Gasteiger partial charge in [0.2, 0.25) is 0 Å². The zero-order valence-corrected chi connectivity index (χ0v) is 7.79. The van der Waals surface area contributed by atoms with Crippen molar-refractivity contribution in [3.63, 3.8) is 0 Å². The highest BCUT2D eigenvalue weighted by molar-refractivity contribution is 5.69. The Morgan fingerprint density at radius 1 is 1.47 bits per heavy atom. The van der Waals surface area contributed by atoms with Gasteiger partial charge in [-0.1, -0.05) is 30.3 Å². The van der Waals surface area contributed by atoms with Crippen LogP contribution in [0.25, 0.3) is 0 Å². The molecule has 2 N–H and O–H groups in total. The van der Waals surface area contributed by atoms with E-state index < -0.39 is 23.6 Å². The molecule has 0 amide bonds. The number of hydrogen-bond donors (Lipinski definition) is 2. The molecule has 1 unspecified atom stereocenters. The number of rotatable bonds is 5. The summed E-state index contributed by atoms with van der Waals surface area (Å²) in [6.45, 7) is -0.444. The lowest BCUT2D eigenvalue weighted by Crippen LogP contribution is -2.32. The van der Waals surface area contributed by atoms with Crippen molar-refractivity contribution in [2.24, 2.45) is 0 Å². The zero-order valence-electron chi connectivity index (χ0n) is 7.79. The van der Waals surface area contributed by atoms with Crippen LogP contribution in [0.5, 0.6) is 0 Å². The van der Waals surface area contributed by atoms with Gasteiger partial charge >= 0.3 is 5.97 Å². The van der Waals surface area contributed by atoms with E-state index in [9.17, 15) is 14.9 Å². The van der Waals surface area contributed by atoms with Gasteiger partial charge in [0.05, 0.1) is 6.54 Å². The Bertz CT molecular complexity index is 352. The molecule has 0 heterocycles. The summed E-state index contributed by atoms with van der Waals surface area (Å²) in [6, 6.07) is 8.20. The van der Waals surface area contributed by atoms with Gasteiger partial charge in [-0.3, -0.25) is 14.9 Å². The van der Waals surface area contributed by atoms with E-state index >= 15 is 0 Å². The highest BCUT2D eigenvalue weighted by Crippen LogP contribution is 2.12. The van der Waals surface area contributed by atoms with Gasteiger partial charge in [-0.25, -0.2) is 5.32 Å². The highest BCUT2D eigenvalue weighted by Gasteiger charge is 2.22. The lowest BCUT2D eigenvalue weighted by molar-refractivity contribution is -0.535. The first kappa shape index (κ1) is 11.1.